The summed E-state index contributed by atoms with van der Waals surface area (Å²) in [4.78, 5) is 12.2. The minimum Gasteiger partial charge on any atom is -0.489 e. The van der Waals surface area contributed by atoms with Crippen molar-refractivity contribution in [3.05, 3.63) is 100 Å². The molecule has 0 saturated heterocycles. The van der Waals surface area contributed by atoms with Crippen LogP contribution in [0.1, 0.15) is 33.4 Å². The van der Waals surface area contributed by atoms with Crippen molar-refractivity contribution in [1.82, 2.24) is 5.43 Å². The smallest absolute Gasteiger partial charge is 0.244 e. The molecule has 0 saturated carbocycles. The molecule has 0 heterocycles. The van der Waals surface area contributed by atoms with Gasteiger partial charge in [-0.2, -0.15) is 5.10 Å². The molecule has 0 aromatic heterocycles. The summed E-state index contributed by atoms with van der Waals surface area (Å²) in [5, 5.41) is 4.08. The Hall–Kier alpha value is -3.40. The van der Waals surface area contributed by atoms with Gasteiger partial charge in [-0.3, -0.25) is 4.79 Å². The minimum absolute atomic E-state index is 0.137. The van der Waals surface area contributed by atoms with Crippen LogP contribution in [0.25, 0.3) is 0 Å². The number of amides is 1. The van der Waals surface area contributed by atoms with Crippen LogP contribution in [-0.4, -0.2) is 12.1 Å². The molecule has 1 N–H and O–H groups in total. The number of ether oxygens (including phenoxy) is 1. The second-order valence-electron chi connectivity index (χ2n) is 7.25. The zero-order chi connectivity index (χ0) is 20.6. The highest BCUT2D eigenvalue weighted by atomic mass is 16.5. The van der Waals surface area contributed by atoms with Gasteiger partial charge in [0.05, 0.1) is 12.6 Å². The number of aryl methyl sites for hydroxylation is 3. The fourth-order valence-electron chi connectivity index (χ4n) is 2.92. The van der Waals surface area contributed by atoms with Crippen molar-refractivity contribution in [1.29, 1.82) is 0 Å². The van der Waals surface area contributed by atoms with E-state index in [4.69, 9.17) is 4.74 Å². The maximum atomic E-state index is 12.2. The van der Waals surface area contributed by atoms with Gasteiger partial charge in [0.1, 0.15) is 12.4 Å². The van der Waals surface area contributed by atoms with E-state index in [9.17, 15) is 4.79 Å². The quantitative estimate of drug-likeness (QED) is 0.465. The molecule has 0 atom stereocenters. The standard InChI is InChI=1S/C25H26N2O2/c1-18-8-11-21(12-9-18)17-29-24-6-4-5-22(14-24)16-26-27-25(28)15-23-13-19(2)7-10-20(23)3/h4-14,16H,15,17H2,1-3H3,(H,27,28)/b26-16+. The number of benzene rings is 3. The summed E-state index contributed by atoms with van der Waals surface area (Å²) in [6.07, 6.45) is 1.93. The van der Waals surface area contributed by atoms with Crippen LogP contribution in [0.4, 0.5) is 0 Å². The van der Waals surface area contributed by atoms with Crippen LogP contribution < -0.4 is 10.2 Å². The molecule has 0 aliphatic rings. The molecule has 0 aliphatic heterocycles. The lowest BCUT2D eigenvalue weighted by molar-refractivity contribution is -0.120. The summed E-state index contributed by atoms with van der Waals surface area (Å²) >= 11 is 0. The van der Waals surface area contributed by atoms with Gasteiger partial charge in [0.15, 0.2) is 0 Å². The van der Waals surface area contributed by atoms with E-state index in [1.54, 1.807) is 6.21 Å². The third kappa shape index (κ3) is 6.32. The van der Waals surface area contributed by atoms with E-state index in [0.717, 1.165) is 33.6 Å². The number of hydrazone groups is 1. The highest BCUT2D eigenvalue weighted by Gasteiger charge is 2.05. The van der Waals surface area contributed by atoms with Crippen LogP contribution in [-0.2, 0) is 17.8 Å². The summed E-state index contributed by atoms with van der Waals surface area (Å²) in [6.45, 7) is 6.60. The first-order valence-electron chi connectivity index (χ1n) is 9.66. The van der Waals surface area contributed by atoms with Gasteiger partial charge in [-0.25, -0.2) is 5.43 Å². The van der Waals surface area contributed by atoms with Crippen LogP contribution in [0, 0.1) is 20.8 Å². The lowest BCUT2D eigenvalue weighted by Gasteiger charge is -2.07. The van der Waals surface area contributed by atoms with Crippen molar-refractivity contribution in [2.45, 2.75) is 33.8 Å². The topological polar surface area (TPSA) is 50.7 Å². The van der Waals surface area contributed by atoms with Gasteiger partial charge in [-0.1, -0.05) is 65.7 Å². The Labute approximate surface area is 172 Å². The predicted molar refractivity (Wildman–Crippen MR) is 117 cm³/mol. The molecule has 29 heavy (non-hydrogen) atoms. The molecule has 1 amide bonds. The second-order valence-corrected chi connectivity index (χ2v) is 7.25. The summed E-state index contributed by atoms with van der Waals surface area (Å²) in [7, 11) is 0. The normalized spacial score (nSPS) is 10.9. The molecule has 0 aliphatic carbocycles. The van der Waals surface area contributed by atoms with Crippen molar-refractivity contribution >= 4 is 12.1 Å². The Morgan fingerprint density at radius 3 is 2.52 bits per heavy atom. The molecule has 3 aromatic carbocycles. The Morgan fingerprint density at radius 2 is 1.72 bits per heavy atom. The van der Waals surface area contributed by atoms with E-state index >= 15 is 0 Å². The second kappa shape index (κ2) is 9.69. The fraction of sp³-hybridized carbons (Fsp3) is 0.200. The van der Waals surface area contributed by atoms with Gasteiger partial charge < -0.3 is 4.74 Å². The SMILES string of the molecule is Cc1ccc(COc2cccc(/C=N/NC(=O)Cc3cc(C)ccc3C)c2)cc1. The molecule has 0 spiro atoms. The van der Waals surface area contributed by atoms with Gasteiger partial charge in [0, 0.05) is 0 Å². The Bertz CT molecular complexity index is 1010. The number of hydrogen-bond acceptors (Lipinski definition) is 3. The molecule has 0 radical (unpaired) electrons. The first-order valence-corrected chi connectivity index (χ1v) is 9.66. The largest absolute Gasteiger partial charge is 0.489 e. The number of nitrogens with one attached hydrogen (secondary N) is 1. The Kier molecular flexibility index (Phi) is 6.80. The van der Waals surface area contributed by atoms with E-state index < -0.39 is 0 Å². The third-order valence-corrected chi connectivity index (χ3v) is 4.64. The third-order valence-electron chi connectivity index (χ3n) is 4.64. The average Bonchev–Trinajstić information content (AvgIpc) is 2.71. The zero-order valence-corrected chi connectivity index (χ0v) is 17.1. The summed E-state index contributed by atoms with van der Waals surface area (Å²) in [5.41, 5.74) is 9.07. The van der Waals surface area contributed by atoms with Crippen LogP contribution in [0.5, 0.6) is 5.75 Å². The minimum atomic E-state index is -0.137. The molecular formula is C25H26N2O2. The van der Waals surface area contributed by atoms with Gasteiger partial charge in [0.25, 0.3) is 0 Å². The van der Waals surface area contributed by atoms with Gasteiger partial charge in [-0.05, 0) is 55.2 Å². The Morgan fingerprint density at radius 1 is 0.966 bits per heavy atom. The maximum Gasteiger partial charge on any atom is 0.244 e. The van der Waals surface area contributed by atoms with Crippen molar-refractivity contribution in [2.24, 2.45) is 5.10 Å². The lowest BCUT2D eigenvalue weighted by atomic mass is 10.0. The van der Waals surface area contributed by atoms with Crippen molar-refractivity contribution in [3.8, 4) is 5.75 Å². The summed E-state index contributed by atoms with van der Waals surface area (Å²) < 4.78 is 5.85. The van der Waals surface area contributed by atoms with Gasteiger partial charge in [-0.15, -0.1) is 0 Å². The summed E-state index contributed by atoms with van der Waals surface area (Å²) in [5.74, 6) is 0.623. The fourth-order valence-corrected chi connectivity index (χ4v) is 2.92. The van der Waals surface area contributed by atoms with Crippen LogP contribution in [0.2, 0.25) is 0 Å². The van der Waals surface area contributed by atoms with E-state index in [1.807, 2.05) is 56.3 Å². The molecule has 4 heteroatoms. The molecule has 0 fully saturated rings. The molecule has 0 unspecified atom stereocenters. The molecule has 3 aromatic rings. The number of nitrogens with zero attached hydrogens (tertiary/aromatic N) is 1. The van der Waals surface area contributed by atoms with Crippen LogP contribution >= 0.6 is 0 Å². The lowest BCUT2D eigenvalue weighted by Crippen LogP contribution is -2.20. The number of rotatable bonds is 7. The first kappa shape index (κ1) is 20.3. The number of carbonyl (C=O) groups is 1. The van der Waals surface area contributed by atoms with Crippen LogP contribution in [0.3, 0.4) is 0 Å². The average molecular weight is 386 g/mol. The first-order chi connectivity index (χ1) is 14.0. The van der Waals surface area contributed by atoms with Gasteiger partial charge in [0.2, 0.25) is 5.91 Å². The van der Waals surface area contributed by atoms with Crippen molar-refractivity contribution < 1.29 is 9.53 Å². The maximum absolute atomic E-state index is 12.2. The number of carbonyl (C=O) groups excluding carboxylic acids is 1. The molecular weight excluding hydrogens is 360 g/mol. The predicted octanol–water partition coefficient (Wildman–Crippen LogP) is 4.88. The van der Waals surface area contributed by atoms with E-state index in [1.165, 1.54) is 5.56 Å². The van der Waals surface area contributed by atoms with Crippen LogP contribution in [0.15, 0.2) is 71.8 Å². The molecule has 4 nitrogen and oxygen atoms in total. The van der Waals surface area contributed by atoms with E-state index in [-0.39, 0.29) is 5.91 Å². The van der Waals surface area contributed by atoms with Crippen molar-refractivity contribution in [3.63, 3.8) is 0 Å². The molecule has 3 rings (SSSR count). The van der Waals surface area contributed by atoms with E-state index in [0.29, 0.717) is 13.0 Å². The Balaban J connectivity index is 1.53. The van der Waals surface area contributed by atoms with Crippen molar-refractivity contribution in [2.75, 3.05) is 0 Å². The van der Waals surface area contributed by atoms with Gasteiger partial charge >= 0.3 is 0 Å². The highest BCUT2D eigenvalue weighted by Crippen LogP contribution is 2.15. The zero-order valence-electron chi connectivity index (χ0n) is 17.1. The molecule has 0 bridgehead atoms. The monoisotopic (exact) mass is 386 g/mol. The number of hydrogen-bond donors (Lipinski definition) is 1. The summed E-state index contributed by atoms with van der Waals surface area (Å²) in [6, 6.07) is 22.0. The van der Waals surface area contributed by atoms with E-state index in [2.05, 4.69) is 41.7 Å². The molecule has 148 valence electrons. The highest BCUT2D eigenvalue weighted by molar-refractivity contribution is 5.83.